The van der Waals surface area contributed by atoms with Crippen LogP contribution in [0.15, 0.2) is 60.0 Å². The molecule has 1 aromatic carbocycles. The molecular weight excluding hydrogens is 576 g/mol. The predicted molar refractivity (Wildman–Crippen MR) is 157 cm³/mol. The number of nitrogens with zero attached hydrogens (tertiary/aromatic N) is 5. The number of H-pyrrole nitrogens is 1. The van der Waals surface area contributed by atoms with Gasteiger partial charge in [0, 0.05) is 74.2 Å². The number of amides is 2. The largest absolute Gasteiger partial charge is 0.378 e. The van der Waals surface area contributed by atoms with Crippen LogP contribution >= 0.6 is 11.3 Å². The van der Waals surface area contributed by atoms with Crippen molar-refractivity contribution in [2.45, 2.75) is 17.5 Å². The minimum atomic E-state index is -3.96. The molecule has 2 aliphatic heterocycles. The van der Waals surface area contributed by atoms with Crippen LogP contribution in [0.4, 0.5) is 0 Å². The Morgan fingerprint density at radius 1 is 1.10 bits per heavy atom. The zero-order valence-corrected chi connectivity index (χ0v) is 24.2. The van der Waals surface area contributed by atoms with Gasteiger partial charge in [0.25, 0.3) is 15.9 Å². The average molecular weight is 605 g/mol. The molecule has 5 heterocycles. The first-order chi connectivity index (χ1) is 20.3. The molecule has 1 unspecified atom stereocenters. The lowest BCUT2D eigenvalue weighted by atomic mass is 10.1. The maximum atomic E-state index is 13.8. The van der Waals surface area contributed by atoms with Gasteiger partial charge in [-0.3, -0.25) is 14.6 Å². The number of terminal acetylenes is 1. The molecule has 3 aromatic heterocycles. The van der Waals surface area contributed by atoms with Crippen molar-refractivity contribution in [2.24, 2.45) is 0 Å². The number of aromatic amines is 1. The summed E-state index contributed by atoms with van der Waals surface area (Å²) in [7, 11) is -3.96. The number of sulfonamides is 1. The molecule has 216 valence electrons. The highest BCUT2D eigenvalue weighted by atomic mass is 32.2. The van der Waals surface area contributed by atoms with E-state index in [1.165, 1.54) is 15.6 Å². The van der Waals surface area contributed by atoms with Gasteiger partial charge in [-0.1, -0.05) is 5.92 Å². The maximum absolute atomic E-state index is 13.8. The Morgan fingerprint density at radius 2 is 1.88 bits per heavy atom. The number of carbonyl (C=O) groups excluding carboxylic acids is 2. The van der Waals surface area contributed by atoms with Gasteiger partial charge in [0.1, 0.15) is 5.03 Å². The number of piperazine rings is 1. The van der Waals surface area contributed by atoms with Gasteiger partial charge in [-0.15, -0.1) is 17.8 Å². The predicted octanol–water partition coefficient (Wildman–Crippen LogP) is 2.43. The van der Waals surface area contributed by atoms with Crippen LogP contribution in [-0.4, -0.2) is 101 Å². The number of hydrogen-bond acceptors (Lipinski definition) is 8. The first kappa shape index (κ1) is 28.0. The van der Waals surface area contributed by atoms with Gasteiger partial charge in [-0.05, 0) is 42.0 Å². The van der Waals surface area contributed by atoms with Crippen molar-refractivity contribution in [1.29, 1.82) is 0 Å². The third-order valence-electron chi connectivity index (χ3n) is 7.51. The summed E-state index contributed by atoms with van der Waals surface area (Å²) in [6.07, 6.45) is 10.5. The summed E-state index contributed by atoms with van der Waals surface area (Å²) in [5.41, 5.74) is 2.19. The SMILES string of the molecule is C#Cc1ccc2[nH]c(S(=O)(=O)N3CCN(C(=O)c4ncc(-c5ccncc5)s4)C(CC(=O)N4CCOCC4)C3)cc2c1. The first-order valence-corrected chi connectivity index (χ1v) is 15.7. The Kier molecular flexibility index (Phi) is 7.78. The van der Waals surface area contributed by atoms with Crippen molar-refractivity contribution in [2.75, 3.05) is 45.9 Å². The molecule has 6 rings (SSSR count). The zero-order chi connectivity index (χ0) is 29.3. The number of hydrogen-bond donors (Lipinski definition) is 1. The van der Waals surface area contributed by atoms with Crippen molar-refractivity contribution in [1.82, 2.24) is 29.1 Å². The van der Waals surface area contributed by atoms with Gasteiger partial charge in [0.05, 0.1) is 24.1 Å². The normalized spacial score (nSPS) is 18.2. The van der Waals surface area contributed by atoms with Crippen molar-refractivity contribution >= 4 is 44.1 Å². The number of thiazole rings is 1. The van der Waals surface area contributed by atoms with E-state index in [9.17, 15) is 18.0 Å². The summed E-state index contributed by atoms with van der Waals surface area (Å²) in [5, 5.41) is 0.999. The van der Waals surface area contributed by atoms with E-state index in [1.54, 1.807) is 52.7 Å². The third-order valence-corrected chi connectivity index (χ3v) is 10.3. The number of nitrogens with one attached hydrogen (secondary N) is 1. The Hall–Kier alpha value is -4.09. The van der Waals surface area contributed by atoms with Crippen LogP contribution in [0.25, 0.3) is 21.3 Å². The molecule has 0 bridgehead atoms. The van der Waals surface area contributed by atoms with Crippen molar-refractivity contribution < 1.29 is 22.7 Å². The first-order valence-electron chi connectivity index (χ1n) is 13.5. The van der Waals surface area contributed by atoms with Crippen LogP contribution in [0, 0.1) is 12.3 Å². The number of fused-ring (bicyclic) bond motifs is 1. The fraction of sp³-hybridized carbons (Fsp3) is 0.310. The Bertz CT molecular complexity index is 1770. The fourth-order valence-corrected chi connectivity index (χ4v) is 7.61. The van der Waals surface area contributed by atoms with Gasteiger partial charge in [0.15, 0.2) is 5.01 Å². The van der Waals surface area contributed by atoms with E-state index in [4.69, 9.17) is 11.2 Å². The summed E-state index contributed by atoms with van der Waals surface area (Å²) in [4.78, 5) is 42.5. The molecule has 2 saturated heterocycles. The smallest absolute Gasteiger partial charge is 0.283 e. The fourth-order valence-electron chi connectivity index (χ4n) is 5.25. The van der Waals surface area contributed by atoms with Crippen LogP contribution in [0.5, 0.6) is 0 Å². The summed E-state index contributed by atoms with van der Waals surface area (Å²) >= 11 is 1.25. The number of benzene rings is 1. The van der Waals surface area contributed by atoms with Crippen LogP contribution in [0.2, 0.25) is 0 Å². The molecule has 2 fully saturated rings. The monoisotopic (exact) mass is 604 g/mol. The summed E-state index contributed by atoms with van der Waals surface area (Å²) in [6, 6.07) is 9.80. The highest BCUT2D eigenvalue weighted by molar-refractivity contribution is 7.89. The number of aromatic nitrogens is 3. The lowest BCUT2D eigenvalue weighted by Gasteiger charge is -2.41. The van der Waals surface area contributed by atoms with Gasteiger partial charge < -0.3 is 19.5 Å². The van der Waals surface area contributed by atoms with E-state index in [-0.39, 0.29) is 47.9 Å². The van der Waals surface area contributed by atoms with Crippen LogP contribution in [0.1, 0.15) is 21.8 Å². The van der Waals surface area contributed by atoms with Crippen LogP contribution < -0.4 is 0 Å². The maximum Gasteiger partial charge on any atom is 0.283 e. The highest BCUT2D eigenvalue weighted by Gasteiger charge is 2.39. The van der Waals surface area contributed by atoms with E-state index in [1.807, 2.05) is 12.1 Å². The molecule has 1 N–H and O–H groups in total. The molecule has 4 aromatic rings. The second-order valence-electron chi connectivity index (χ2n) is 10.1. The van der Waals surface area contributed by atoms with Gasteiger partial charge in [-0.25, -0.2) is 13.4 Å². The summed E-state index contributed by atoms with van der Waals surface area (Å²) in [6.45, 7) is 1.96. The second kappa shape index (κ2) is 11.7. The van der Waals surface area contributed by atoms with Crippen molar-refractivity contribution in [3.63, 3.8) is 0 Å². The molecule has 1 atom stereocenters. The van der Waals surface area contributed by atoms with Crippen molar-refractivity contribution in [3.05, 3.63) is 65.6 Å². The summed E-state index contributed by atoms with van der Waals surface area (Å²) < 4.78 is 34.3. The van der Waals surface area contributed by atoms with Gasteiger partial charge in [0.2, 0.25) is 5.91 Å². The van der Waals surface area contributed by atoms with E-state index in [0.717, 1.165) is 10.4 Å². The van der Waals surface area contributed by atoms with E-state index >= 15 is 0 Å². The molecule has 2 amide bonds. The van der Waals surface area contributed by atoms with Crippen LogP contribution in [0.3, 0.4) is 0 Å². The molecule has 13 heteroatoms. The van der Waals surface area contributed by atoms with Gasteiger partial charge in [-0.2, -0.15) is 4.31 Å². The minimum Gasteiger partial charge on any atom is -0.378 e. The number of pyridine rings is 1. The lowest BCUT2D eigenvalue weighted by Crippen LogP contribution is -2.58. The number of ether oxygens (including phenoxy) is 1. The molecule has 0 spiro atoms. The number of rotatable bonds is 6. The standard InChI is InChI=1S/C29H28N6O5S2/c1-2-20-3-4-24-22(15-20)16-26(32-24)42(38,39)34-9-10-35(23(19-34)17-27(36)33-11-13-40-14-12-33)29(37)28-31-18-25(41-28)21-5-7-30-8-6-21/h1,3-8,15-16,18,23,32H,9-14,17,19H2. The Balaban J connectivity index is 1.27. The summed E-state index contributed by atoms with van der Waals surface area (Å²) in [5.74, 6) is 2.08. The van der Waals surface area contributed by atoms with Crippen LogP contribution in [-0.2, 0) is 19.6 Å². The number of carbonyl (C=O) groups is 2. The van der Waals surface area contributed by atoms with Gasteiger partial charge >= 0.3 is 0 Å². The van der Waals surface area contributed by atoms with E-state index < -0.39 is 16.1 Å². The third kappa shape index (κ3) is 5.54. The topological polar surface area (TPSA) is 129 Å². The molecule has 0 saturated carbocycles. The van der Waals surface area contributed by atoms with E-state index in [2.05, 4.69) is 20.9 Å². The second-order valence-corrected chi connectivity index (χ2v) is 13.0. The average Bonchev–Trinajstić information content (AvgIpc) is 3.70. The molecule has 0 radical (unpaired) electrons. The molecule has 42 heavy (non-hydrogen) atoms. The zero-order valence-electron chi connectivity index (χ0n) is 22.6. The Labute approximate surface area is 247 Å². The molecular formula is C29H28N6O5S2. The highest BCUT2D eigenvalue weighted by Crippen LogP contribution is 2.29. The van der Waals surface area contributed by atoms with Crippen molar-refractivity contribution in [3.8, 4) is 22.8 Å². The quantitative estimate of drug-likeness (QED) is 0.335. The molecule has 11 nitrogen and oxygen atoms in total. The molecule has 2 aliphatic rings. The number of morpholine rings is 1. The van der Waals surface area contributed by atoms with E-state index in [0.29, 0.717) is 42.8 Å². The molecule has 0 aliphatic carbocycles. The Morgan fingerprint density at radius 3 is 2.64 bits per heavy atom. The lowest BCUT2D eigenvalue weighted by molar-refractivity contribution is -0.136. The minimum absolute atomic E-state index is 0.0153.